The Bertz CT molecular complexity index is 854. The molecule has 8 nitrogen and oxygen atoms in total. The molecule has 3 rings (SSSR count). The van der Waals surface area contributed by atoms with Crippen molar-refractivity contribution in [2.45, 2.75) is 19.4 Å². The number of carbonyl (C=O) groups excluding carboxylic acids is 1. The van der Waals surface area contributed by atoms with Gasteiger partial charge in [-0.2, -0.15) is 0 Å². The van der Waals surface area contributed by atoms with E-state index in [4.69, 9.17) is 9.47 Å². The lowest BCUT2D eigenvalue weighted by Gasteiger charge is -2.23. The number of amides is 2. The number of benzene rings is 1. The monoisotopic (exact) mass is 348 g/mol. The van der Waals surface area contributed by atoms with Crippen molar-refractivity contribution in [2.75, 3.05) is 32.1 Å². The van der Waals surface area contributed by atoms with Crippen molar-refractivity contribution in [1.82, 2.24) is 14.0 Å². The number of hydrogen-bond donors (Lipinski definition) is 1. The number of anilines is 1. The van der Waals surface area contributed by atoms with E-state index in [2.05, 4.69) is 5.32 Å². The molecule has 0 radical (unpaired) electrons. The average molecular weight is 348 g/mol. The Balaban J connectivity index is 1.93. The van der Waals surface area contributed by atoms with Crippen LogP contribution < -0.4 is 15.7 Å². The number of methoxy groups -OCH3 is 1. The summed E-state index contributed by atoms with van der Waals surface area (Å²) in [4.78, 5) is 26.5. The van der Waals surface area contributed by atoms with Gasteiger partial charge in [0, 0.05) is 39.9 Å². The minimum atomic E-state index is -0.198. The molecule has 0 saturated carbocycles. The number of nitrogens with one attached hydrogen (secondary N) is 1. The van der Waals surface area contributed by atoms with Crippen molar-refractivity contribution in [3.05, 3.63) is 22.6 Å². The molecule has 1 atom stereocenters. The number of ether oxygens (including phenoxy) is 2. The summed E-state index contributed by atoms with van der Waals surface area (Å²) in [5.41, 5.74) is 1.90. The molecular weight excluding hydrogens is 324 g/mol. The van der Waals surface area contributed by atoms with Crippen molar-refractivity contribution in [3.63, 3.8) is 0 Å². The summed E-state index contributed by atoms with van der Waals surface area (Å²) in [5.74, 6) is 0.515. The number of aromatic nitrogens is 2. The molecule has 25 heavy (non-hydrogen) atoms. The van der Waals surface area contributed by atoms with Crippen LogP contribution in [0.3, 0.4) is 0 Å². The molecule has 1 aliphatic rings. The number of aryl methyl sites for hydroxylation is 2. The lowest BCUT2D eigenvalue weighted by Crippen LogP contribution is -2.39. The summed E-state index contributed by atoms with van der Waals surface area (Å²) >= 11 is 0. The molecule has 2 aromatic rings. The van der Waals surface area contributed by atoms with Gasteiger partial charge in [-0.05, 0) is 19.4 Å². The van der Waals surface area contributed by atoms with Crippen LogP contribution in [-0.4, -0.2) is 53.0 Å². The van der Waals surface area contributed by atoms with Crippen LogP contribution in [0.5, 0.6) is 5.75 Å². The van der Waals surface area contributed by atoms with Gasteiger partial charge in [-0.25, -0.2) is 9.59 Å². The maximum Gasteiger partial charge on any atom is 0.328 e. The summed E-state index contributed by atoms with van der Waals surface area (Å²) in [5, 5.41) is 2.91. The van der Waals surface area contributed by atoms with Crippen molar-refractivity contribution >= 4 is 22.8 Å². The van der Waals surface area contributed by atoms with Crippen LogP contribution in [0.2, 0.25) is 0 Å². The number of nitrogens with zero attached hydrogens (tertiary/aromatic N) is 3. The minimum Gasteiger partial charge on any atom is -0.494 e. The molecule has 1 aliphatic heterocycles. The molecule has 1 saturated heterocycles. The fourth-order valence-corrected chi connectivity index (χ4v) is 3.17. The zero-order valence-corrected chi connectivity index (χ0v) is 15.0. The van der Waals surface area contributed by atoms with E-state index in [0.717, 1.165) is 17.5 Å². The third kappa shape index (κ3) is 3.21. The summed E-state index contributed by atoms with van der Waals surface area (Å²) in [6.07, 6.45) is 0.814. The maximum absolute atomic E-state index is 12.7. The van der Waals surface area contributed by atoms with E-state index in [0.29, 0.717) is 31.1 Å². The molecule has 1 aromatic heterocycles. The van der Waals surface area contributed by atoms with Crippen LogP contribution in [0.15, 0.2) is 16.9 Å². The highest BCUT2D eigenvalue weighted by atomic mass is 16.5. The molecule has 2 amide bonds. The van der Waals surface area contributed by atoms with Crippen molar-refractivity contribution < 1.29 is 14.3 Å². The first kappa shape index (κ1) is 17.3. The van der Waals surface area contributed by atoms with Crippen molar-refractivity contribution in [3.8, 4) is 5.75 Å². The fraction of sp³-hybridized carbons (Fsp3) is 0.529. The predicted molar refractivity (Wildman–Crippen MR) is 95.3 cm³/mol. The Kier molecular flexibility index (Phi) is 4.71. The average Bonchev–Trinajstić information content (AvgIpc) is 2.77. The van der Waals surface area contributed by atoms with Crippen LogP contribution in [0.1, 0.15) is 13.3 Å². The van der Waals surface area contributed by atoms with Gasteiger partial charge in [0.2, 0.25) is 0 Å². The highest BCUT2D eigenvalue weighted by Gasteiger charge is 2.21. The molecule has 1 aromatic carbocycles. The van der Waals surface area contributed by atoms with E-state index in [1.807, 2.05) is 6.92 Å². The quantitative estimate of drug-likeness (QED) is 0.893. The third-order valence-corrected chi connectivity index (χ3v) is 4.57. The topological polar surface area (TPSA) is 77.7 Å². The molecule has 0 spiro atoms. The lowest BCUT2D eigenvalue weighted by atomic mass is 10.2. The van der Waals surface area contributed by atoms with Crippen LogP contribution in [0.4, 0.5) is 10.5 Å². The largest absolute Gasteiger partial charge is 0.494 e. The van der Waals surface area contributed by atoms with Gasteiger partial charge < -0.3 is 19.7 Å². The second-order valence-electron chi connectivity index (χ2n) is 6.35. The van der Waals surface area contributed by atoms with E-state index in [9.17, 15) is 9.59 Å². The highest BCUT2D eigenvalue weighted by Crippen LogP contribution is 2.30. The Morgan fingerprint density at radius 2 is 1.96 bits per heavy atom. The Labute approximate surface area is 145 Å². The van der Waals surface area contributed by atoms with Gasteiger partial charge in [0.1, 0.15) is 5.75 Å². The van der Waals surface area contributed by atoms with E-state index in [-0.39, 0.29) is 17.8 Å². The third-order valence-electron chi connectivity index (χ3n) is 4.57. The Morgan fingerprint density at radius 1 is 1.28 bits per heavy atom. The van der Waals surface area contributed by atoms with Crippen molar-refractivity contribution in [1.29, 1.82) is 0 Å². The molecule has 8 heteroatoms. The standard InChI is InChI=1S/C17H24N4O4/c1-11-10-21(6-5-7-25-11)16(22)18-12-8-13-14(9-15(12)24-4)20(3)17(23)19(13)2/h8-9,11H,5-7,10H2,1-4H3,(H,18,22). The fourth-order valence-electron chi connectivity index (χ4n) is 3.17. The van der Waals surface area contributed by atoms with Crippen molar-refractivity contribution in [2.24, 2.45) is 14.1 Å². The van der Waals surface area contributed by atoms with E-state index >= 15 is 0 Å². The van der Waals surface area contributed by atoms with Gasteiger partial charge in [-0.15, -0.1) is 0 Å². The molecular formula is C17H24N4O4. The number of urea groups is 1. The molecule has 1 fully saturated rings. The highest BCUT2D eigenvalue weighted by molar-refractivity contribution is 5.94. The minimum absolute atomic E-state index is 0.00701. The van der Waals surface area contributed by atoms with Gasteiger partial charge in [0.05, 0.1) is 29.9 Å². The van der Waals surface area contributed by atoms with Gasteiger partial charge in [-0.1, -0.05) is 0 Å². The van der Waals surface area contributed by atoms with E-state index in [1.54, 1.807) is 47.4 Å². The number of fused-ring (bicyclic) bond motifs is 1. The Morgan fingerprint density at radius 3 is 2.64 bits per heavy atom. The number of hydrogen-bond acceptors (Lipinski definition) is 4. The Hall–Kier alpha value is -2.48. The maximum atomic E-state index is 12.7. The molecule has 1 N–H and O–H groups in total. The smallest absolute Gasteiger partial charge is 0.328 e. The summed E-state index contributed by atoms with van der Waals surface area (Å²) in [6.45, 7) is 3.80. The van der Waals surface area contributed by atoms with Gasteiger partial charge in [-0.3, -0.25) is 9.13 Å². The van der Waals surface area contributed by atoms with E-state index in [1.165, 1.54) is 0 Å². The second kappa shape index (κ2) is 6.79. The molecule has 1 unspecified atom stereocenters. The van der Waals surface area contributed by atoms with Crippen LogP contribution in [-0.2, 0) is 18.8 Å². The molecule has 2 heterocycles. The van der Waals surface area contributed by atoms with Crippen LogP contribution in [0, 0.1) is 0 Å². The summed E-state index contributed by atoms with van der Waals surface area (Å²) in [6, 6.07) is 3.34. The van der Waals surface area contributed by atoms with E-state index < -0.39 is 0 Å². The lowest BCUT2D eigenvalue weighted by molar-refractivity contribution is 0.0718. The number of imidazole rings is 1. The summed E-state index contributed by atoms with van der Waals surface area (Å²) < 4.78 is 14.1. The predicted octanol–water partition coefficient (Wildman–Crippen LogP) is 1.53. The summed E-state index contributed by atoms with van der Waals surface area (Å²) in [7, 11) is 4.96. The van der Waals surface area contributed by atoms with Crippen LogP contribution in [0.25, 0.3) is 11.0 Å². The number of carbonyl (C=O) groups is 1. The molecule has 136 valence electrons. The first-order valence-electron chi connectivity index (χ1n) is 8.33. The van der Waals surface area contributed by atoms with Gasteiger partial charge in [0.15, 0.2) is 0 Å². The zero-order valence-electron chi connectivity index (χ0n) is 15.0. The van der Waals surface area contributed by atoms with Gasteiger partial charge >= 0.3 is 11.7 Å². The SMILES string of the molecule is COc1cc2c(cc1NC(=O)N1CCCOC(C)C1)n(C)c(=O)n2C. The first-order valence-corrected chi connectivity index (χ1v) is 8.33. The number of rotatable bonds is 2. The zero-order chi connectivity index (χ0) is 18.1. The van der Waals surface area contributed by atoms with Gasteiger partial charge in [0.25, 0.3) is 0 Å². The first-order chi connectivity index (χ1) is 11.9. The molecule has 0 bridgehead atoms. The molecule has 0 aliphatic carbocycles. The normalized spacial score (nSPS) is 18.2. The second-order valence-corrected chi connectivity index (χ2v) is 6.35. The van der Waals surface area contributed by atoms with Crippen LogP contribution >= 0.6 is 0 Å².